The van der Waals surface area contributed by atoms with Gasteiger partial charge in [0.25, 0.3) is 0 Å². The van der Waals surface area contributed by atoms with Crippen LogP contribution in [0.3, 0.4) is 0 Å². The van der Waals surface area contributed by atoms with Crippen molar-refractivity contribution >= 4 is 0 Å². The molecule has 0 saturated heterocycles. The SMILES string of the molecule is Cc1cc(COC2CCC(C)(C)CC2)oc1CN. The van der Waals surface area contributed by atoms with E-state index < -0.39 is 0 Å². The lowest BCUT2D eigenvalue weighted by atomic mass is 9.76. The van der Waals surface area contributed by atoms with Gasteiger partial charge in [-0.2, -0.15) is 0 Å². The molecule has 2 N–H and O–H groups in total. The molecule has 3 nitrogen and oxygen atoms in total. The van der Waals surface area contributed by atoms with Crippen LogP contribution >= 0.6 is 0 Å². The first-order valence-corrected chi connectivity index (χ1v) is 6.90. The molecule has 1 aliphatic rings. The van der Waals surface area contributed by atoms with Crippen LogP contribution in [0, 0.1) is 12.3 Å². The number of nitrogens with two attached hydrogens (primary N) is 1. The maximum Gasteiger partial charge on any atom is 0.130 e. The summed E-state index contributed by atoms with van der Waals surface area (Å²) in [6.45, 7) is 7.74. The number of ether oxygens (including phenoxy) is 1. The first-order valence-electron chi connectivity index (χ1n) is 6.90. The summed E-state index contributed by atoms with van der Waals surface area (Å²) in [5, 5.41) is 0. The minimum absolute atomic E-state index is 0.393. The summed E-state index contributed by atoms with van der Waals surface area (Å²) >= 11 is 0. The highest BCUT2D eigenvalue weighted by atomic mass is 16.5. The number of aryl methyl sites for hydroxylation is 1. The molecule has 1 saturated carbocycles. The molecule has 1 aromatic heterocycles. The average Bonchev–Trinajstić information content (AvgIpc) is 2.68. The Balaban J connectivity index is 1.81. The Morgan fingerprint density at radius 1 is 1.39 bits per heavy atom. The molecule has 0 atom stereocenters. The number of furan rings is 1. The predicted molar refractivity (Wildman–Crippen MR) is 72.2 cm³/mol. The van der Waals surface area contributed by atoms with Gasteiger partial charge in [-0.25, -0.2) is 0 Å². The van der Waals surface area contributed by atoms with Crippen LogP contribution in [0.1, 0.15) is 56.6 Å². The van der Waals surface area contributed by atoms with Crippen LogP contribution in [0.4, 0.5) is 0 Å². The van der Waals surface area contributed by atoms with E-state index in [0.29, 0.717) is 24.7 Å². The minimum atomic E-state index is 0.393. The Hall–Kier alpha value is -0.800. The molecule has 0 radical (unpaired) electrons. The van der Waals surface area contributed by atoms with Gasteiger partial charge < -0.3 is 14.9 Å². The predicted octanol–water partition coefficient (Wildman–Crippen LogP) is 3.53. The lowest BCUT2D eigenvalue weighted by molar-refractivity contribution is -0.0123. The molecule has 0 amide bonds. The molecule has 1 aromatic rings. The number of rotatable bonds is 4. The summed E-state index contributed by atoms with van der Waals surface area (Å²) in [4.78, 5) is 0. The van der Waals surface area contributed by atoms with Crippen LogP contribution in [-0.2, 0) is 17.9 Å². The summed E-state index contributed by atoms with van der Waals surface area (Å²) in [6.07, 6.45) is 5.23. The van der Waals surface area contributed by atoms with Crippen molar-refractivity contribution in [2.45, 2.75) is 65.7 Å². The van der Waals surface area contributed by atoms with Crippen molar-refractivity contribution in [2.24, 2.45) is 11.1 Å². The molecule has 0 spiro atoms. The fourth-order valence-corrected chi connectivity index (χ4v) is 2.60. The van der Waals surface area contributed by atoms with Gasteiger partial charge in [-0.1, -0.05) is 13.8 Å². The van der Waals surface area contributed by atoms with Crippen molar-refractivity contribution in [2.75, 3.05) is 0 Å². The fraction of sp³-hybridized carbons (Fsp3) is 0.733. The van der Waals surface area contributed by atoms with Crippen LogP contribution in [0.2, 0.25) is 0 Å². The molecule has 102 valence electrons. The molecule has 0 unspecified atom stereocenters. The molecular weight excluding hydrogens is 226 g/mol. The van der Waals surface area contributed by atoms with Gasteiger partial charge in [0.2, 0.25) is 0 Å². The van der Waals surface area contributed by atoms with E-state index in [1.807, 2.05) is 13.0 Å². The molecule has 18 heavy (non-hydrogen) atoms. The highest BCUT2D eigenvalue weighted by Gasteiger charge is 2.27. The van der Waals surface area contributed by atoms with E-state index in [-0.39, 0.29) is 0 Å². The van der Waals surface area contributed by atoms with E-state index in [9.17, 15) is 0 Å². The second-order valence-electron chi connectivity index (χ2n) is 6.20. The summed E-state index contributed by atoms with van der Waals surface area (Å²) in [5.74, 6) is 1.77. The zero-order valence-electron chi connectivity index (χ0n) is 11.8. The van der Waals surface area contributed by atoms with Crippen molar-refractivity contribution in [1.29, 1.82) is 0 Å². The van der Waals surface area contributed by atoms with E-state index in [4.69, 9.17) is 14.9 Å². The summed E-state index contributed by atoms with van der Waals surface area (Å²) < 4.78 is 11.6. The first-order chi connectivity index (χ1) is 8.50. The molecule has 0 bridgehead atoms. The third kappa shape index (κ3) is 3.36. The monoisotopic (exact) mass is 251 g/mol. The Labute approximate surface area is 110 Å². The van der Waals surface area contributed by atoms with Crippen LogP contribution in [0.25, 0.3) is 0 Å². The van der Waals surface area contributed by atoms with Crippen molar-refractivity contribution < 1.29 is 9.15 Å². The molecule has 1 heterocycles. The highest BCUT2D eigenvalue weighted by molar-refractivity contribution is 5.19. The van der Waals surface area contributed by atoms with Gasteiger partial charge >= 0.3 is 0 Å². The quantitative estimate of drug-likeness (QED) is 0.890. The van der Waals surface area contributed by atoms with Crippen LogP contribution in [0.5, 0.6) is 0 Å². The van der Waals surface area contributed by atoms with Crippen LogP contribution in [0.15, 0.2) is 10.5 Å². The lowest BCUT2D eigenvalue weighted by Gasteiger charge is -2.33. The van der Waals surface area contributed by atoms with E-state index in [1.54, 1.807) is 0 Å². The van der Waals surface area contributed by atoms with E-state index in [1.165, 1.54) is 12.8 Å². The van der Waals surface area contributed by atoms with Crippen molar-refractivity contribution in [1.82, 2.24) is 0 Å². The van der Waals surface area contributed by atoms with Crippen molar-refractivity contribution in [3.63, 3.8) is 0 Å². The van der Waals surface area contributed by atoms with Gasteiger partial charge in [-0.3, -0.25) is 0 Å². The summed E-state index contributed by atoms with van der Waals surface area (Å²) in [5.41, 5.74) is 7.22. The molecular formula is C15H25NO2. The van der Waals surface area contributed by atoms with E-state index >= 15 is 0 Å². The second-order valence-corrected chi connectivity index (χ2v) is 6.20. The standard InChI is InChI=1S/C15H25NO2/c1-11-8-13(18-14(11)9-16)10-17-12-4-6-15(2,3)7-5-12/h8,12H,4-7,9-10,16H2,1-3H3. The topological polar surface area (TPSA) is 48.4 Å². The van der Waals surface area contributed by atoms with Crippen LogP contribution < -0.4 is 5.73 Å². The van der Waals surface area contributed by atoms with Gasteiger partial charge in [-0.05, 0) is 49.7 Å². The smallest absolute Gasteiger partial charge is 0.130 e. The Kier molecular flexibility index (Phi) is 4.13. The van der Waals surface area contributed by atoms with Gasteiger partial charge in [0, 0.05) is 0 Å². The first kappa shape index (κ1) is 13.6. The van der Waals surface area contributed by atoms with E-state index in [0.717, 1.165) is 29.9 Å². The average molecular weight is 251 g/mol. The lowest BCUT2D eigenvalue weighted by Crippen LogP contribution is -2.26. The Morgan fingerprint density at radius 3 is 2.61 bits per heavy atom. The minimum Gasteiger partial charge on any atom is -0.462 e. The fourth-order valence-electron chi connectivity index (χ4n) is 2.60. The maximum atomic E-state index is 5.94. The summed E-state index contributed by atoms with van der Waals surface area (Å²) in [7, 11) is 0. The van der Waals surface area contributed by atoms with Gasteiger partial charge in [0.1, 0.15) is 18.1 Å². The zero-order chi connectivity index (χ0) is 13.2. The molecule has 0 aliphatic heterocycles. The largest absolute Gasteiger partial charge is 0.462 e. The Morgan fingerprint density at radius 2 is 2.06 bits per heavy atom. The third-order valence-electron chi connectivity index (χ3n) is 4.00. The van der Waals surface area contributed by atoms with Gasteiger partial charge in [0.05, 0.1) is 12.6 Å². The zero-order valence-corrected chi connectivity index (χ0v) is 11.8. The molecule has 2 rings (SSSR count). The molecule has 1 aliphatic carbocycles. The second kappa shape index (κ2) is 5.45. The highest BCUT2D eigenvalue weighted by Crippen LogP contribution is 2.36. The third-order valence-corrected chi connectivity index (χ3v) is 4.00. The molecule has 0 aromatic carbocycles. The van der Waals surface area contributed by atoms with Gasteiger partial charge in [-0.15, -0.1) is 0 Å². The summed E-state index contributed by atoms with van der Waals surface area (Å²) in [6, 6.07) is 2.04. The van der Waals surface area contributed by atoms with Crippen LogP contribution in [-0.4, -0.2) is 6.10 Å². The molecule has 3 heteroatoms. The van der Waals surface area contributed by atoms with Crippen molar-refractivity contribution in [3.05, 3.63) is 23.2 Å². The maximum absolute atomic E-state index is 5.94. The Bertz CT molecular complexity index is 385. The van der Waals surface area contributed by atoms with E-state index in [2.05, 4.69) is 13.8 Å². The van der Waals surface area contributed by atoms with Crippen molar-refractivity contribution in [3.8, 4) is 0 Å². The number of hydrogen-bond donors (Lipinski definition) is 1. The normalized spacial score (nSPS) is 20.2. The molecule has 1 fully saturated rings. The van der Waals surface area contributed by atoms with Gasteiger partial charge in [0.15, 0.2) is 0 Å². The number of hydrogen-bond acceptors (Lipinski definition) is 3.